The van der Waals surface area contributed by atoms with E-state index in [1.54, 1.807) is 36.4 Å². The fourth-order valence-electron chi connectivity index (χ4n) is 16.0. The topological polar surface area (TPSA) is 214 Å². The summed E-state index contributed by atoms with van der Waals surface area (Å²) in [5.41, 5.74) is 10.9. The van der Waals surface area contributed by atoms with Gasteiger partial charge in [-0.1, -0.05) is 119 Å². The van der Waals surface area contributed by atoms with Crippen LogP contribution in [0.2, 0.25) is 30.1 Å². The number of fused-ring (bicyclic) bond motifs is 6. The number of hydrogen-bond donors (Lipinski definition) is 2. The third-order valence-corrected chi connectivity index (χ3v) is 24.2. The van der Waals surface area contributed by atoms with Crippen LogP contribution in [0, 0.1) is 17.8 Å². The fraction of sp³-hybridized carbons (Fsp3) is 0.400. The number of carbonyl (C=O) groups is 3. The quantitative estimate of drug-likeness (QED) is 0.0679. The lowest BCUT2D eigenvalue weighted by atomic mass is 10.0. The van der Waals surface area contributed by atoms with Gasteiger partial charge in [0, 0.05) is 117 Å². The number of carboxylic acid groups (broad SMARTS) is 1. The maximum absolute atomic E-state index is 11.7. The van der Waals surface area contributed by atoms with Gasteiger partial charge in [-0.15, -0.1) is 12.4 Å². The summed E-state index contributed by atoms with van der Waals surface area (Å²) in [5, 5.41) is 29.1. The van der Waals surface area contributed by atoms with E-state index in [0.29, 0.717) is 149 Å². The number of esters is 2. The molecule has 106 heavy (non-hydrogen) atoms. The second kappa shape index (κ2) is 33.3. The van der Waals surface area contributed by atoms with Gasteiger partial charge in [-0.2, -0.15) is 0 Å². The van der Waals surface area contributed by atoms with Crippen molar-refractivity contribution in [3.05, 3.63) is 213 Å². The van der Waals surface area contributed by atoms with Crippen molar-refractivity contribution in [2.75, 3.05) is 43.7 Å². The number of rotatable bonds is 20. The second-order valence-corrected chi connectivity index (χ2v) is 31.9. The van der Waals surface area contributed by atoms with Crippen LogP contribution in [0.5, 0.6) is 0 Å². The number of carbonyl (C=O) groups excluding carboxylic acids is 2. The van der Waals surface area contributed by atoms with Crippen molar-refractivity contribution >= 4 is 127 Å². The molecule has 0 spiro atoms. The van der Waals surface area contributed by atoms with Crippen molar-refractivity contribution in [1.29, 1.82) is 0 Å². The zero-order valence-corrected chi connectivity index (χ0v) is 64.9. The molecule has 6 bridgehead atoms. The van der Waals surface area contributed by atoms with E-state index < -0.39 is 5.97 Å². The van der Waals surface area contributed by atoms with E-state index in [1.165, 1.54) is 20.6 Å². The van der Waals surface area contributed by atoms with Gasteiger partial charge in [-0.3, -0.25) is 0 Å². The summed E-state index contributed by atoms with van der Waals surface area (Å²) in [6.45, 7) is 4.29. The lowest BCUT2D eigenvalue weighted by Crippen LogP contribution is -2.38. The Kier molecular flexibility index (Phi) is 23.9. The van der Waals surface area contributed by atoms with Crippen LogP contribution in [0.4, 0.5) is 11.4 Å². The number of ether oxygens (including phenoxy) is 5. The van der Waals surface area contributed by atoms with Crippen LogP contribution >= 0.6 is 97.9 Å². The molecule has 3 aromatic heterocycles. The first-order valence-corrected chi connectivity index (χ1v) is 38.8. The predicted octanol–water partition coefficient (Wildman–Crippen LogP) is 20.4. The third-order valence-electron chi connectivity index (χ3n) is 21.8. The predicted molar refractivity (Wildman–Crippen MR) is 414 cm³/mol. The van der Waals surface area contributed by atoms with Crippen LogP contribution in [0.1, 0.15) is 160 Å². The van der Waals surface area contributed by atoms with E-state index >= 15 is 0 Å². The molecule has 3 saturated heterocycles. The van der Waals surface area contributed by atoms with Gasteiger partial charge in [0.15, 0.2) is 0 Å². The van der Waals surface area contributed by atoms with Gasteiger partial charge in [-0.25, -0.2) is 14.4 Å². The smallest absolute Gasteiger partial charge is 0.337 e. The van der Waals surface area contributed by atoms with E-state index in [2.05, 4.69) is 51.3 Å². The number of hydrogen-bond acceptors (Lipinski definition) is 17. The minimum absolute atomic E-state index is 0. The number of aromatic carboxylic acids is 1. The first kappa shape index (κ1) is 76.1. The second-order valence-electron chi connectivity index (χ2n) is 28.6. The maximum Gasteiger partial charge on any atom is 0.337 e. The summed E-state index contributed by atoms with van der Waals surface area (Å²) in [5.74, 6) is 4.00. The van der Waals surface area contributed by atoms with Crippen LogP contribution < -0.4 is 15.1 Å². The molecule has 26 heteroatoms. The minimum Gasteiger partial charge on any atom is -0.478 e. The molecule has 6 saturated carbocycles. The normalized spacial score (nSPS) is 22.8. The van der Waals surface area contributed by atoms with E-state index in [0.717, 1.165) is 151 Å². The molecule has 3 aliphatic heterocycles. The molecule has 6 aliphatic carbocycles. The van der Waals surface area contributed by atoms with E-state index in [-0.39, 0.29) is 36.6 Å². The Hall–Kier alpha value is -6.69. The van der Waals surface area contributed by atoms with Crippen molar-refractivity contribution in [3.63, 3.8) is 0 Å². The summed E-state index contributed by atoms with van der Waals surface area (Å²) in [6.07, 6.45) is 13.8. The Balaban J connectivity index is 0.000000125. The SMILES string of the molecule is COC(=O)c1ccc(Br)cc1.COC(=O)c1ccc(N2C[C@H]3C[C@@H]2C[C@@H]3OCc2c(-c3c(Cl)cccc3Cl)noc2C2CC2)cc1.Cl.Clc1cccc(Cl)c1-c1noc(C2CC2)c1CO[C@H]1C[C@H]2C[C@@H]1CN2.O=C(O)c1ccc(N2C[C@H]3C[C@@H]2C[C@@H]3OCc2c(-c3c(Cl)cccc3Cl)noc2C2CC2)cc1. The number of anilines is 2. The van der Waals surface area contributed by atoms with Gasteiger partial charge < -0.3 is 57.5 Å². The van der Waals surface area contributed by atoms with Gasteiger partial charge in [0.05, 0.1) is 99.2 Å². The molecule has 9 aromatic rings. The van der Waals surface area contributed by atoms with Crippen molar-refractivity contribution < 1.29 is 56.7 Å². The number of methoxy groups -OCH3 is 2. The highest BCUT2D eigenvalue weighted by Gasteiger charge is 2.48. The number of halogens is 8. The standard InChI is InChI=1S/C27H26Cl2N2O4.C26H24Cl2N2O4.C19H20Cl2N2O2.C8H7BrO2.ClH/c1-33-27(32)16-7-9-18(10-8-16)31-13-17-11-19(31)12-23(17)34-14-20-25(30-35-26(20)15-5-6-15)24-21(28)3-2-4-22(24)29;27-20-2-1-3-21(28)23(20)24-19(25(34-29-24)14-4-5-14)13-33-22-11-18-10-16(22)12-30(18)17-8-6-15(7-9-17)26(31)32;20-14-2-1-3-15(21)17(14)18-13(19(25-23-18)10-4-5-10)9-24-16-7-12-6-11(16)8-22-12;1-11-8(10)6-2-4-7(9)5-3-6;/h2-4,7-10,15,17,19,23H,5-6,11-14H2,1H3;1-3,6-9,14,16,18,22H,4-5,10-13H2,(H,31,32);1-3,10-12,16,22H,4-9H2;2-5H,1H3;1H/t17-,19-,23+;16-,18-,22+;11-,12-,16+;;/m111../s1. The van der Waals surface area contributed by atoms with E-state index in [1.807, 2.05) is 91.0 Å². The Morgan fingerprint density at radius 3 is 1.10 bits per heavy atom. The third kappa shape index (κ3) is 16.6. The molecule has 9 atom stereocenters. The van der Waals surface area contributed by atoms with Gasteiger partial charge in [0.1, 0.15) is 34.4 Å². The molecule has 556 valence electrons. The number of aromatic nitrogens is 3. The molecular formula is C80H78BrCl7N6O12. The number of carboxylic acids is 1. The highest BCUT2D eigenvalue weighted by Crippen LogP contribution is 2.52. The van der Waals surface area contributed by atoms with Gasteiger partial charge in [-0.05, 0) is 192 Å². The molecule has 0 unspecified atom stereocenters. The molecule has 0 amide bonds. The molecule has 6 heterocycles. The number of nitrogens with zero attached hydrogens (tertiary/aromatic N) is 5. The lowest BCUT2D eigenvalue weighted by Gasteiger charge is -2.33. The molecule has 9 fully saturated rings. The Morgan fingerprint density at radius 2 is 0.811 bits per heavy atom. The Morgan fingerprint density at radius 1 is 0.472 bits per heavy atom. The summed E-state index contributed by atoms with van der Waals surface area (Å²) in [4.78, 5) is 38.6. The average Bonchev–Trinajstić information content (AvgIpc) is 1.63. The summed E-state index contributed by atoms with van der Waals surface area (Å²) in [6, 6.07) is 39.7. The minimum atomic E-state index is -0.903. The van der Waals surface area contributed by atoms with Crippen LogP contribution in [0.3, 0.4) is 0 Å². The zero-order chi connectivity index (χ0) is 72.7. The molecule has 6 aromatic carbocycles. The van der Waals surface area contributed by atoms with Gasteiger partial charge >= 0.3 is 17.9 Å². The van der Waals surface area contributed by atoms with Crippen LogP contribution in [0.25, 0.3) is 33.8 Å². The number of benzene rings is 6. The number of piperidine rings is 3. The lowest BCUT2D eigenvalue weighted by molar-refractivity contribution is 0.00912. The van der Waals surface area contributed by atoms with Crippen molar-refractivity contribution in [2.24, 2.45) is 17.8 Å². The molecule has 2 N–H and O–H groups in total. The van der Waals surface area contributed by atoms with Crippen LogP contribution in [-0.4, -0.2) is 109 Å². The first-order valence-electron chi connectivity index (χ1n) is 35.7. The van der Waals surface area contributed by atoms with Crippen molar-refractivity contribution in [2.45, 2.75) is 151 Å². The fourth-order valence-corrected chi connectivity index (χ4v) is 18.0. The van der Waals surface area contributed by atoms with Crippen molar-refractivity contribution in [3.8, 4) is 33.8 Å². The highest BCUT2D eigenvalue weighted by atomic mass is 79.9. The van der Waals surface area contributed by atoms with Gasteiger partial charge in [0.25, 0.3) is 0 Å². The molecular weight excluding hydrogens is 1560 g/mol. The monoisotopic (exact) mass is 1640 g/mol. The molecule has 0 radical (unpaired) electrons. The van der Waals surface area contributed by atoms with Gasteiger partial charge in [0.2, 0.25) is 0 Å². The van der Waals surface area contributed by atoms with Crippen molar-refractivity contribution in [1.82, 2.24) is 20.8 Å². The number of nitrogens with one attached hydrogen (secondary N) is 1. The van der Waals surface area contributed by atoms with E-state index in [9.17, 15) is 14.4 Å². The highest BCUT2D eigenvalue weighted by molar-refractivity contribution is 9.10. The molecule has 18 nitrogen and oxygen atoms in total. The maximum atomic E-state index is 11.7. The van der Waals surface area contributed by atoms with Crippen LogP contribution in [0.15, 0.2) is 145 Å². The summed E-state index contributed by atoms with van der Waals surface area (Å²) >= 11 is 42.0. The average molecular weight is 1640 g/mol. The van der Waals surface area contributed by atoms with Crippen LogP contribution in [-0.2, 0) is 43.5 Å². The van der Waals surface area contributed by atoms with E-state index in [4.69, 9.17) is 107 Å². The first-order chi connectivity index (χ1) is 51.0. The summed E-state index contributed by atoms with van der Waals surface area (Å²) in [7, 11) is 2.76. The largest absolute Gasteiger partial charge is 0.478 e. The molecule has 9 aliphatic rings. The Labute approximate surface area is 658 Å². The zero-order valence-electron chi connectivity index (χ0n) is 58.0. The Bertz CT molecular complexity index is 4590. The molecule has 18 rings (SSSR count). The summed E-state index contributed by atoms with van der Waals surface area (Å²) < 4.78 is 46.8.